The summed E-state index contributed by atoms with van der Waals surface area (Å²) in [6, 6.07) is 9.41. The Labute approximate surface area is 113 Å². The van der Waals surface area contributed by atoms with Crippen molar-refractivity contribution in [2.75, 3.05) is 6.54 Å². The molecule has 2 rings (SSSR count). The number of hydrogen-bond donors (Lipinski definition) is 1. The molecule has 1 aromatic rings. The van der Waals surface area contributed by atoms with E-state index in [2.05, 4.69) is 0 Å². The van der Waals surface area contributed by atoms with Gasteiger partial charge in [-0.1, -0.05) is 30.3 Å². The van der Waals surface area contributed by atoms with Crippen LogP contribution in [0.3, 0.4) is 0 Å². The first-order valence-electron chi connectivity index (χ1n) is 6.74. The number of aliphatic carboxylic acids is 1. The van der Waals surface area contributed by atoms with E-state index >= 15 is 0 Å². The summed E-state index contributed by atoms with van der Waals surface area (Å²) in [5, 5.41) is 9.04. The fourth-order valence-corrected chi connectivity index (χ4v) is 2.55. The maximum atomic E-state index is 12.0. The third-order valence-corrected chi connectivity index (χ3v) is 3.56. The Morgan fingerprint density at radius 3 is 2.68 bits per heavy atom. The van der Waals surface area contributed by atoms with Gasteiger partial charge in [-0.05, 0) is 31.2 Å². The lowest BCUT2D eigenvalue weighted by molar-refractivity contribution is -0.148. The van der Waals surface area contributed by atoms with E-state index in [1.54, 1.807) is 0 Å². The van der Waals surface area contributed by atoms with E-state index in [1.807, 2.05) is 30.3 Å². The first-order valence-corrected chi connectivity index (χ1v) is 6.74. The van der Waals surface area contributed by atoms with Crippen LogP contribution in [-0.2, 0) is 16.0 Å². The minimum atomic E-state index is -0.881. The average molecular weight is 261 g/mol. The van der Waals surface area contributed by atoms with E-state index in [0.717, 1.165) is 19.3 Å². The summed E-state index contributed by atoms with van der Waals surface area (Å²) in [6.07, 6.45) is 3.43. The molecule has 19 heavy (non-hydrogen) atoms. The van der Waals surface area contributed by atoms with Crippen LogP contribution in [0.2, 0.25) is 0 Å². The number of rotatable bonds is 5. The zero-order valence-electron chi connectivity index (χ0n) is 10.9. The van der Waals surface area contributed by atoms with Crippen molar-refractivity contribution in [1.29, 1.82) is 0 Å². The van der Waals surface area contributed by atoms with Gasteiger partial charge in [0.15, 0.2) is 0 Å². The molecule has 102 valence electrons. The van der Waals surface area contributed by atoms with Crippen molar-refractivity contribution >= 4 is 11.9 Å². The lowest BCUT2D eigenvalue weighted by atomic mass is 10.1. The van der Waals surface area contributed by atoms with Crippen LogP contribution in [0.5, 0.6) is 0 Å². The number of carboxylic acids is 1. The third kappa shape index (κ3) is 3.56. The van der Waals surface area contributed by atoms with E-state index in [4.69, 9.17) is 5.11 Å². The molecule has 1 aliphatic rings. The monoisotopic (exact) mass is 261 g/mol. The molecule has 0 bridgehead atoms. The Kier molecular flexibility index (Phi) is 4.55. The Morgan fingerprint density at radius 1 is 1.26 bits per heavy atom. The highest BCUT2D eigenvalue weighted by Gasteiger charge is 2.33. The third-order valence-electron chi connectivity index (χ3n) is 3.56. The van der Waals surface area contributed by atoms with Crippen molar-refractivity contribution in [1.82, 2.24) is 4.90 Å². The quantitative estimate of drug-likeness (QED) is 0.883. The van der Waals surface area contributed by atoms with Crippen molar-refractivity contribution in [2.24, 2.45) is 0 Å². The molecule has 1 aliphatic heterocycles. The van der Waals surface area contributed by atoms with Gasteiger partial charge in [-0.25, -0.2) is 4.79 Å². The van der Waals surface area contributed by atoms with E-state index in [1.165, 1.54) is 10.5 Å². The van der Waals surface area contributed by atoms with Gasteiger partial charge in [0, 0.05) is 13.0 Å². The van der Waals surface area contributed by atoms with Crippen molar-refractivity contribution in [2.45, 2.75) is 38.1 Å². The van der Waals surface area contributed by atoms with Crippen molar-refractivity contribution < 1.29 is 14.7 Å². The van der Waals surface area contributed by atoms with Crippen molar-refractivity contribution in [3.05, 3.63) is 35.9 Å². The molecule has 1 saturated heterocycles. The van der Waals surface area contributed by atoms with Gasteiger partial charge in [0.2, 0.25) is 5.91 Å². The highest BCUT2D eigenvalue weighted by molar-refractivity contribution is 5.84. The molecule has 0 unspecified atom stereocenters. The van der Waals surface area contributed by atoms with Gasteiger partial charge in [-0.3, -0.25) is 4.79 Å². The molecule has 1 aromatic carbocycles. The Morgan fingerprint density at radius 2 is 2.00 bits per heavy atom. The van der Waals surface area contributed by atoms with Gasteiger partial charge in [0.1, 0.15) is 6.04 Å². The lowest BCUT2D eigenvalue weighted by Crippen LogP contribution is -2.40. The molecule has 1 heterocycles. The molecule has 0 saturated carbocycles. The van der Waals surface area contributed by atoms with E-state index in [-0.39, 0.29) is 5.91 Å². The molecule has 4 nitrogen and oxygen atoms in total. The highest BCUT2D eigenvalue weighted by atomic mass is 16.4. The van der Waals surface area contributed by atoms with Crippen LogP contribution < -0.4 is 0 Å². The van der Waals surface area contributed by atoms with Crippen molar-refractivity contribution in [3.63, 3.8) is 0 Å². The molecule has 0 aromatic heterocycles. The van der Waals surface area contributed by atoms with Gasteiger partial charge >= 0.3 is 5.97 Å². The number of hydrogen-bond acceptors (Lipinski definition) is 2. The molecular weight excluding hydrogens is 242 g/mol. The largest absolute Gasteiger partial charge is 0.480 e. The van der Waals surface area contributed by atoms with Crippen LogP contribution in [0.4, 0.5) is 0 Å². The van der Waals surface area contributed by atoms with Gasteiger partial charge < -0.3 is 10.0 Å². The number of carbonyl (C=O) groups is 2. The van der Waals surface area contributed by atoms with Gasteiger partial charge in [0.25, 0.3) is 0 Å². The zero-order valence-corrected chi connectivity index (χ0v) is 10.9. The summed E-state index contributed by atoms with van der Waals surface area (Å²) in [7, 11) is 0. The predicted octanol–water partition coefficient (Wildman–Crippen LogP) is 2.08. The fourth-order valence-electron chi connectivity index (χ4n) is 2.55. The summed E-state index contributed by atoms with van der Waals surface area (Å²) in [6.45, 7) is 0.584. The normalized spacial score (nSPS) is 18.5. The zero-order chi connectivity index (χ0) is 13.7. The van der Waals surface area contributed by atoms with Crippen LogP contribution in [0.1, 0.15) is 31.2 Å². The number of nitrogens with zero attached hydrogens (tertiary/aromatic N) is 1. The standard InChI is InChI=1S/C15H19NO3/c17-14(16-11-5-9-13(16)15(18)19)10-4-8-12-6-2-1-3-7-12/h1-3,6-7,13H,4-5,8-11H2,(H,18,19)/t13-/m1/s1. The fraction of sp³-hybridized carbons (Fsp3) is 0.467. The molecule has 1 fully saturated rings. The minimum Gasteiger partial charge on any atom is -0.480 e. The van der Waals surface area contributed by atoms with E-state index in [9.17, 15) is 9.59 Å². The maximum absolute atomic E-state index is 12.0. The lowest BCUT2D eigenvalue weighted by Gasteiger charge is -2.21. The minimum absolute atomic E-state index is 0.0270. The van der Waals surface area contributed by atoms with E-state index in [0.29, 0.717) is 19.4 Å². The Bertz CT molecular complexity index is 444. The van der Waals surface area contributed by atoms with Gasteiger partial charge in [-0.15, -0.1) is 0 Å². The number of aryl methyl sites for hydroxylation is 1. The smallest absolute Gasteiger partial charge is 0.326 e. The molecule has 0 radical (unpaired) electrons. The van der Waals surface area contributed by atoms with Crippen LogP contribution in [0.15, 0.2) is 30.3 Å². The first-order chi connectivity index (χ1) is 9.18. The summed E-state index contributed by atoms with van der Waals surface area (Å²) in [5.41, 5.74) is 1.21. The Hall–Kier alpha value is -1.84. The van der Waals surface area contributed by atoms with Crippen LogP contribution in [0, 0.1) is 0 Å². The average Bonchev–Trinajstić information content (AvgIpc) is 2.89. The maximum Gasteiger partial charge on any atom is 0.326 e. The summed E-state index contributed by atoms with van der Waals surface area (Å²) in [4.78, 5) is 24.6. The molecule has 0 aliphatic carbocycles. The molecule has 4 heteroatoms. The number of amides is 1. The number of carboxylic acid groups (broad SMARTS) is 1. The number of likely N-dealkylation sites (tertiary alicyclic amines) is 1. The van der Waals surface area contributed by atoms with Crippen LogP contribution in [-0.4, -0.2) is 34.5 Å². The molecule has 0 spiro atoms. The second kappa shape index (κ2) is 6.36. The van der Waals surface area contributed by atoms with Crippen LogP contribution in [0.25, 0.3) is 0 Å². The molecule has 1 amide bonds. The van der Waals surface area contributed by atoms with E-state index < -0.39 is 12.0 Å². The molecule has 1 atom stereocenters. The molecular formula is C15H19NO3. The second-order valence-corrected chi connectivity index (χ2v) is 4.92. The summed E-state index contributed by atoms with van der Waals surface area (Å²) in [5.74, 6) is -0.908. The summed E-state index contributed by atoms with van der Waals surface area (Å²) >= 11 is 0. The number of benzene rings is 1. The predicted molar refractivity (Wildman–Crippen MR) is 71.8 cm³/mol. The SMILES string of the molecule is O=C(O)[C@H]1CCCN1C(=O)CCCc1ccccc1. The van der Waals surface area contributed by atoms with Crippen LogP contribution >= 0.6 is 0 Å². The summed E-state index contributed by atoms with van der Waals surface area (Å²) < 4.78 is 0. The van der Waals surface area contributed by atoms with Gasteiger partial charge in [-0.2, -0.15) is 0 Å². The van der Waals surface area contributed by atoms with Gasteiger partial charge in [0.05, 0.1) is 0 Å². The first kappa shape index (κ1) is 13.6. The van der Waals surface area contributed by atoms with Crippen molar-refractivity contribution in [3.8, 4) is 0 Å². The Balaban J connectivity index is 1.80. The molecule has 1 N–H and O–H groups in total. The second-order valence-electron chi connectivity index (χ2n) is 4.92. The highest BCUT2D eigenvalue weighted by Crippen LogP contribution is 2.19. The number of carbonyl (C=O) groups excluding carboxylic acids is 1. The topological polar surface area (TPSA) is 57.6 Å².